The summed E-state index contributed by atoms with van der Waals surface area (Å²) in [6, 6.07) is 4.14. The Morgan fingerprint density at radius 3 is 2.54 bits per heavy atom. The number of piperidine rings is 1. The van der Waals surface area contributed by atoms with Crippen LogP contribution in [0.4, 0.5) is 4.39 Å². The Hall–Kier alpha value is -1.99. The van der Waals surface area contributed by atoms with Crippen LogP contribution in [0.15, 0.2) is 18.3 Å². The molecular formula is C21H30FN5O. The lowest BCUT2D eigenvalue weighted by molar-refractivity contribution is 0.0494. The molecular weight excluding hydrogens is 357 g/mol. The summed E-state index contributed by atoms with van der Waals surface area (Å²) in [5, 5.41) is 0. The van der Waals surface area contributed by atoms with Crippen LogP contribution in [-0.4, -0.2) is 82.3 Å². The molecule has 0 aliphatic carbocycles. The first-order valence-electron chi connectivity index (χ1n) is 10.3. The number of carbonyl (C=O) groups is 1. The molecule has 1 atom stereocenters. The first kappa shape index (κ1) is 19.3. The average Bonchev–Trinajstić information content (AvgIpc) is 3.03. The van der Waals surface area contributed by atoms with E-state index in [1.54, 1.807) is 17.2 Å². The first-order chi connectivity index (χ1) is 13.4. The topological polar surface area (TPSA) is 44.1 Å². The summed E-state index contributed by atoms with van der Waals surface area (Å²) >= 11 is 0. The number of imidazole rings is 1. The number of pyridine rings is 1. The average molecular weight is 388 g/mol. The molecule has 7 heteroatoms. The van der Waals surface area contributed by atoms with Gasteiger partial charge in [0.1, 0.15) is 5.65 Å². The molecule has 4 heterocycles. The standard InChI is InChI=1S/C21H30FN5O/c1-15-4-9-27-18(14-15)23-19(20(27)22)21(28)26-7-5-17(6-8-26)16(2)25-12-10-24(3)11-13-25/h4,9,14,16-17H,5-8,10-13H2,1-3H3/t16-/m1/s1. The van der Waals surface area contributed by atoms with Gasteiger partial charge in [-0.1, -0.05) is 0 Å². The number of amides is 1. The van der Waals surface area contributed by atoms with Crippen LogP contribution in [0.1, 0.15) is 35.8 Å². The van der Waals surface area contributed by atoms with Crippen molar-refractivity contribution in [3.05, 3.63) is 35.5 Å². The van der Waals surface area contributed by atoms with Gasteiger partial charge in [0.25, 0.3) is 5.91 Å². The molecule has 6 nitrogen and oxygen atoms in total. The molecule has 0 N–H and O–H groups in total. The molecule has 1 amide bonds. The largest absolute Gasteiger partial charge is 0.337 e. The second kappa shape index (κ2) is 7.79. The summed E-state index contributed by atoms with van der Waals surface area (Å²) in [5.41, 5.74) is 1.42. The molecule has 0 radical (unpaired) electrons. The van der Waals surface area contributed by atoms with Gasteiger partial charge in [-0.15, -0.1) is 0 Å². The highest BCUT2D eigenvalue weighted by Gasteiger charge is 2.32. The summed E-state index contributed by atoms with van der Waals surface area (Å²) in [7, 11) is 2.17. The molecule has 4 rings (SSSR count). The molecule has 2 saturated heterocycles. The van der Waals surface area contributed by atoms with Gasteiger partial charge < -0.3 is 9.80 Å². The number of carbonyl (C=O) groups excluding carboxylic acids is 1. The first-order valence-corrected chi connectivity index (χ1v) is 10.3. The van der Waals surface area contributed by atoms with E-state index in [0.29, 0.717) is 30.7 Å². The SMILES string of the molecule is Cc1ccn2c(F)c(C(=O)N3CCC([C@@H](C)N4CCN(C)CC4)CC3)nc2c1. The zero-order chi connectivity index (χ0) is 19.8. The molecule has 0 spiro atoms. The van der Waals surface area contributed by atoms with E-state index < -0.39 is 5.95 Å². The van der Waals surface area contributed by atoms with Crippen molar-refractivity contribution in [1.29, 1.82) is 0 Å². The fourth-order valence-corrected chi connectivity index (χ4v) is 4.51. The number of nitrogens with zero attached hydrogens (tertiary/aromatic N) is 5. The van der Waals surface area contributed by atoms with E-state index in [9.17, 15) is 9.18 Å². The van der Waals surface area contributed by atoms with E-state index in [4.69, 9.17) is 0 Å². The number of likely N-dealkylation sites (N-methyl/N-ethyl adjacent to an activating group) is 1. The van der Waals surface area contributed by atoms with Crippen molar-refractivity contribution in [2.75, 3.05) is 46.3 Å². The van der Waals surface area contributed by atoms with Crippen molar-refractivity contribution in [2.45, 2.75) is 32.7 Å². The second-order valence-corrected chi connectivity index (χ2v) is 8.39. The van der Waals surface area contributed by atoms with E-state index in [1.807, 2.05) is 13.0 Å². The van der Waals surface area contributed by atoms with Gasteiger partial charge in [0, 0.05) is 51.5 Å². The van der Waals surface area contributed by atoms with Crippen LogP contribution in [0.25, 0.3) is 5.65 Å². The Morgan fingerprint density at radius 2 is 1.86 bits per heavy atom. The number of hydrogen-bond donors (Lipinski definition) is 0. The number of fused-ring (bicyclic) bond motifs is 1. The van der Waals surface area contributed by atoms with Gasteiger partial charge >= 0.3 is 0 Å². The van der Waals surface area contributed by atoms with E-state index >= 15 is 0 Å². The molecule has 0 aromatic carbocycles. The smallest absolute Gasteiger partial charge is 0.277 e. The Kier molecular flexibility index (Phi) is 5.38. The van der Waals surface area contributed by atoms with Crippen molar-refractivity contribution in [2.24, 2.45) is 5.92 Å². The summed E-state index contributed by atoms with van der Waals surface area (Å²) in [6.45, 7) is 10.1. The van der Waals surface area contributed by atoms with Crippen LogP contribution in [0, 0.1) is 18.8 Å². The summed E-state index contributed by atoms with van der Waals surface area (Å²) in [4.78, 5) is 23.9. The molecule has 2 fully saturated rings. The summed E-state index contributed by atoms with van der Waals surface area (Å²) < 4.78 is 16.0. The Morgan fingerprint density at radius 1 is 1.18 bits per heavy atom. The number of halogens is 1. The fourth-order valence-electron chi connectivity index (χ4n) is 4.51. The summed E-state index contributed by atoms with van der Waals surface area (Å²) in [6.07, 6.45) is 3.56. The monoisotopic (exact) mass is 387 g/mol. The third-order valence-corrected chi connectivity index (χ3v) is 6.55. The van der Waals surface area contributed by atoms with E-state index in [2.05, 4.69) is 28.8 Å². The van der Waals surface area contributed by atoms with Gasteiger partial charge in [-0.3, -0.25) is 14.1 Å². The highest BCUT2D eigenvalue weighted by molar-refractivity contribution is 5.93. The molecule has 0 bridgehead atoms. The van der Waals surface area contributed by atoms with Crippen LogP contribution in [0.3, 0.4) is 0 Å². The van der Waals surface area contributed by atoms with Gasteiger partial charge in [-0.25, -0.2) is 4.98 Å². The zero-order valence-electron chi connectivity index (χ0n) is 17.1. The quantitative estimate of drug-likeness (QED) is 0.811. The van der Waals surface area contributed by atoms with E-state index in [-0.39, 0.29) is 11.6 Å². The predicted octanol–water partition coefficient (Wildman–Crippen LogP) is 2.27. The minimum atomic E-state index is -0.562. The summed E-state index contributed by atoms with van der Waals surface area (Å²) in [5.74, 6) is -0.265. The number of rotatable bonds is 3. The predicted molar refractivity (Wildman–Crippen MR) is 107 cm³/mol. The van der Waals surface area contributed by atoms with Crippen molar-refractivity contribution in [3.8, 4) is 0 Å². The van der Waals surface area contributed by atoms with E-state index in [1.165, 1.54) is 4.40 Å². The number of aromatic nitrogens is 2. The third kappa shape index (κ3) is 3.65. The Balaban J connectivity index is 1.40. The van der Waals surface area contributed by atoms with Gasteiger partial charge in [-0.05, 0) is 57.4 Å². The van der Waals surface area contributed by atoms with Crippen molar-refractivity contribution in [1.82, 2.24) is 24.1 Å². The molecule has 0 saturated carbocycles. The number of aryl methyl sites for hydroxylation is 1. The highest BCUT2D eigenvalue weighted by atomic mass is 19.1. The Labute approximate surface area is 165 Å². The van der Waals surface area contributed by atoms with Crippen molar-refractivity contribution >= 4 is 11.6 Å². The normalized spacial score (nSPS) is 21.4. The zero-order valence-corrected chi connectivity index (χ0v) is 17.1. The van der Waals surface area contributed by atoms with E-state index in [0.717, 1.165) is 44.6 Å². The molecule has 28 heavy (non-hydrogen) atoms. The van der Waals surface area contributed by atoms with Gasteiger partial charge in [0.15, 0.2) is 5.69 Å². The Bertz CT molecular complexity index is 850. The minimum absolute atomic E-state index is 0.0591. The molecule has 152 valence electrons. The molecule has 2 aromatic heterocycles. The lowest BCUT2D eigenvalue weighted by Gasteiger charge is -2.42. The van der Waals surface area contributed by atoms with Crippen molar-refractivity contribution < 1.29 is 9.18 Å². The fraction of sp³-hybridized carbons (Fsp3) is 0.619. The number of hydrogen-bond acceptors (Lipinski definition) is 4. The van der Waals surface area contributed by atoms with Crippen LogP contribution in [0.2, 0.25) is 0 Å². The number of piperazine rings is 1. The minimum Gasteiger partial charge on any atom is -0.337 e. The lowest BCUT2D eigenvalue weighted by Crippen LogP contribution is -2.52. The van der Waals surface area contributed by atoms with Crippen LogP contribution >= 0.6 is 0 Å². The van der Waals surface area contributed by atoms with Gasteiger partial charge in [0.05, 0.1) is 0 Å². The molecule has 2 aromatic rings. The van der Waals surface area contributed by atoms with Gasteiger partial charge in [-0.2, -0.15) is 4.39 Å². The number of likely N-dealkylation sites (tertiary alicyclic amines) is 1. The van der Waals surface area contributed by atoms with Gasteiger partial charge in [0.2, 0.25) is 5.95 Å². The molecule has 2 aliphatic rings. The third-order valence-electron chi connectivity index (χ3n) is 6.55. The second-order valence-electron chi connectivity index (χ2n) is 8.39. The maximum Gasteiger partial charge on any atom is 0.277 e. The highest BCUT2D eigenvalue weighted by Crippen LogP contribution is 2.26. The van der Waals surface area contributed by atoms with Crippen LogP contribution < -0.4 is 0 Å². The maximum atomic E-state index is 14.7. The van der Waals surface area contributed by atoms with Crippen LogP contribution in [-0.2, 0) is 0 Å². The van der Waals surface area contributed by atoms with Crippen LogP contribution in [0.5, 0.6) is 0 Å². The maximum absolute atomic E-state index is 14.7. The molecule has 0 unspecified atom stereocenters. The molecule has 2 aliphatic heterocycles. The van der Waals surface area contributed by atoms with Crippen molar-refractivity contribution in [3.63, 3.8) is 0 Å². The lowest BCUT2D eigenvalue weighted by atomic mass is 9.89.